The van der Waals surface area contributed by atoms with E-state index in [-0.39, 0.29) is 5.56 Å². The van der Waals surface area contributed by atoms with Crippen molar-refractivity contribution in [1.82, 2.24) is 9.97 Å². The molecule has 0 fully saturated rings. The van der Waals surface area contributed by atoms with Crippen molar-refractivity contribution in [2.45, 2.75) is 13.5 Å². The molecule has 0 bridgehead atoms. The van der Waals surface area contributed by atoms with Gasteiger partial charge < -0.3 is 10.3 Å². The first-order valence-corrected chi connectivity index (χ1v) is 7.00. The van der Waals surface area contributed by atoms with E-state index in [2.05, 4.69) is 15.3 Å². The highest BCUT2D eigenvalue weighted by molar-refractivity contribution is 6.31. The Hall–Kier alpha value is -2.33. The molecule has 3 rings (SSSR count). The molecule has 3 aromatic rings. The Labute approximate surface area is 126 Å². The highest BCUT2D eigenvalue weighted by Crippen LogP contribution is 2.23. The summed E-state index contributed by atoms with van der Waals surface area (Å²) in [7, 11) is 0. The fourth-order valence-electron chi connectivity index (χ4n) is 2.20. The highest BCUT2D eigenvalue weighted by Gasteiger charge is 2.05. The summed E-state index contributed by atoms with van der Waals surface area (Å²) in [5, 5.41) is 4.55. The predicted molar refractivity (Wildman–Crippen MR) is 85.9 cm³/mol. The number of aromatic amines is 1. The second kappa shape index (κ2) is 5.58. The lowest BCUT2D eigenvalue weighted by Crippen LogP contribution is -2.14. The van der Waals surface area contributed by atoms with Crippen molar-refractivity contribution < 1.29 is 0 Å². The van der Waals surface area contributed by atoms with Crippen molar-refractivity contribution in [2.75, 3.05) is 5.32 Å². The van der Waals surface area contributed by atoms with Crippen LogP contribution < -0.4 is 10.9 Å². The molecule has 0 saturated carbocycles. The number of nitrogens with zero attached hydrogens (tertiary/aromatic N) is 1. The Bertz CT molecular complexity index is 858. The minimum atomic E-state index is -0.125. The van der Waals surface area contributed by atoms with Crippen LogP contribution in [0.3, 0.4) is 0 Å². The monoisotopic (exact) mass is 299 g/mol. The number of H-pyrrole nitrogens is 1. The maximum atomic E-state index is 12.0. The predicted octanol–water partition coefficient (Wildman–Crippen LogP) is 3.50. The molecule has 0 aliphatic heterocycles. The molecule has 0 aliphatic rings. The normalized spacial score (nSPS) is 10.8. The third kappa shape index (κ3) is 2.76. The van der Waals surface area contributed by atoms with Gasteiger partial charge >= 0.3 is 0 Å². The molecule has 0 aliphatic carbocycles. The van der Waals surface area contributed by atoms with Crippen molar-refractivity contribution in [1.29, 1.82) is 0 Å². The number of aromatic nitrogens is 2. The van der Waals surface area contributed by atoms with Gasteiger partial charge in [0, 0.05) is 10.7 Å². The molecule has 0 amide bonds. The number of para-hydroxylation sites is 1. The van der Waals surface area contributed by atoms with Crippen LogP contribution in [0.2, 0.25) is 5.02 Å². The van der Waals surface area contributed by atoms with Gasteiger partial charge in [0.05, 0.1) is 17.4 Å². The maximum absolute atomic E-state index is 12.0. The average Bonchev–Trinajstić information content (AvgIpc) is 2.49. The van der Waals surface area contributed by atoms with Crippen molar-refractivity contribution in [3.63, 3.8) is 0 Å². The molecule has 1 heterocycles. The number of benzene rings is 2. The van der Waals surface area contributed by atoms with E-state index in [4.69, 9.17) is 11.6 Å². The van der Waals surface area contributed by atoms with Gasteiger partial charge in [-0.3, -0.25) is 4.79 Å². The van der Waals surface area contributed by atoms with Crippen LogP contribution in [0.15, 0.2) is 47.3 Å². The second-order valence-electron chi connectivity index (χ2n) is 4.80. The minimum absolute atomic E-state index is 0.125. The zero-order valence-corrected chi connectivity index (χ0v) is 12.2. The van der Waals surface area contributed by atoms with E-state index in [1.807, 2.05) is 43.3 Å². The van der Waals surface area contributed by atoms with Crippen LogP contribution in [-0.2, 0) is 6.54 Å². The third-order valence-electron chi connectivity index (χ3n) is 3.38. The van der Waals surface area contributed by atoms with Gasteiger partial charge in [-0.2, -0.15) is 0 Å². The number of anilines is 1. The fraction of sp³-hybridized carbons (Fsp3) is 0.125. The van der Waals surface area contributed by atoms with Crippen LogP contribution >= 0.6 is 11.6 Å². The van der Waals surface area contributed by atoms with Gasteiger partial charge in [0.2, 0.25) is 0 Å². The molecule has 2 aromatic carbocycles. The summed E-state index contributed by atoms with van der Waals surface area (Å²) in [4.78, 5) is 19.2. The first-order valence-electron chi connectivity index (χ1n) is 6.62. The highest BCUT2D eigenvalue weighted by atomic mass is 35.5. The molecule has 4 nitrogen and oxygen atoms in total. The number of fused-ring (bicyclic) bond motifs is 1. The van der Waals surface area contributed by atoms with Gasteiger partial charge in [-0.1, -0.05) is 29.8 Å². The smallest absolute Gasteiger partial charge is 0.258 e. The number of rotatable bonds is 3. The zero-order chi connectivity index (χ0) is 14.8. The largest absolute Gasteiger partial charge is 0.378 e. The Morgan fingerprint density at radius 2 is 2.00 bits per heavy atom. The Morgan fingerprint density at radius 3 is 2.86 bits per heavy atom. The number of nitrogens with one attached hydrogen (secondary N) is 2. The average molecular weight is 300 g/mol. The molecule has 2 N–H and O–H groups in total. The summed E-state index contributed by atoms with van der Waals surface area (Å²) in [5.74, 6) is 0.595. The molecule has 5 heteroatoms. The van der Waals surface area contributed by atoms with Crippen molar-refractivity contribution in [3.8, 4) is 0 Å². The Kier molecular flexibility index (Phi) is 3.62. The van der Waals surface area contributed by atoms with Gasteiger partial charge in [-0.15, -0.1) is 0 Å². The van der Waals surface area contributed by atoms with Crippen molar-refractivity contribution in [2.24, 2.45) is 0 Å². The van der Waals surface area contributed by atoms with Crippen LogP contribution in [0.5, 0.6) is 0 Å². The Balaban J connectivity index is 1.89. The lowest BCUT2D eigenvalue weighted by molar-refractivity contribution is 0.952. The van der Waals surface area contributed by atoms with E-state index < -0.39 is 0 Å². The summed E-state index contributed by atoms with van der Waals surface area (Å²) >= 11 is 6.09. The summed E-state index contributed by atoms with van der Waals surface area (Å²) < 4.78 is 0. The number of hydrogen-bond donors (Lipinski definition) is 2. The van der Waals surface area contributed by atoms with Crippen LogP contribution in [0.4, 0.5) is 5.69 Å². The zero-order valence-electron chi connectivity index (χ0n) is 11.5. The summed E-state index contributed by atoms with van der Waals surface area (Å²) in [6, 6.07) is 13.0. The summed E-state index contributed by atoms with van der Waals surface area (Å²) in [6.45, 7) is 2.38. The molecule has 0 saturated heterocycles. The van der Waals surface area contributed by atoms with E-state index in [0.29, 0.717) is 28.3 Å². The fourth-order valence-corrected chi connectivity index (χ4v) is 2.37. The summed E-state index contributed by atoms with van der Waals surface area (Å²) in [6.07, 6.45) is 0. The van der Waals surface area contributed by atoms with E-state index in [9.17, 15) is 4.79 Å². The lowest BCUT2D eigenvalue weighted by Gasteiger charge is -2.10. The number of hydrogen-bond acceptors (Lipinski definition) is 3. The first-order chi connectivity index (χ1) is 10.1. The quantitative estimate of drug-likeness (QED) is 0.778. The number of halogens is 1. The second-order valence-corrected chi connectivity index (χ2v) is 5.20. The molecule has 21 heavy (non-hydrogen) atoms. The lowest BCUT2D eigenvalue weighted by atomic mass is 10.2. The first kappa shape index (κ1) is 13.6. The van der Waals surface area contributed by atoms with E-state index >= 15 is 0 Å². The van der Waals surface area contributed by atoms with Crippen LogP contribution in [0, 0.1) is 6.92 Å². The van der Waals surface area contributed by atoms with Crippen molar-refractivity contribution >= 4 is 28.2 Å². The summed E-state index contributed by atoms with van der Waals surface area (Å²) in [5.41, 5.74) is 2.47. The minimum Gasteiger partial charge on any atom is -0.378 e. The van der Waals surface area contributed by atoms with E-state index in [1.54, 1.807) is 6.07 Å². The van der Waals surface area contributed by atoms with Gasteiger partial charge in [0.1, 0.15) is 5.82 Å². The molecule has 0 unspecified atom stereocenters. The Morgan fingerprint density at radius 1 is 1.19 bits per heavy atom. The third-order valence-corrected chi connectivity index (χ3v) is 3.79. The van der Waals surface area contributed by atoms with Gasteiger partial charge in [-0.05, 0) is 36.8 Å². The SMILES string of the molecule is Cc1c(Cl)cccc1NCc1nc2ccccc2c(=O)[nH]1. The van der Waals surface area contributed by atoms with Gasteiger partial charge in [0.25, 0.3) is 5.56 Å². The maximum Gasteiger partial charge on any atom is 0.258 e. The van der Waals surface area contributed by atoms with Crippen LogP contribution in [0.25, 0.3) is 10.9 Å². The molecule has 0 atom stereocenters. The molecule has 1 aromatic heterocycles. The molecular formula is C16H14ClN3O. The standard InChI is InChI=1S/C16H14ClN3O/c1-10-12(17)6-4-8-13(10)18-9-15-19-14-7-3-2-5-11(14)16(21)20-15/h2-8,18H,9H2,1H3,(H,19,20,21). The topological polar surface area (TPSA) is 57.8 Å². The van der Waals surface area contributed by atoms with Crippen molar-refractivity contribution in [3.05, 3.63) is 69.2 Å². The molecule has 0 radical (unpaired) electrons. The molecule has 0 spiro atoms. The van der Waals surface area contributed by atoms with E-state index in [1.165, 1.54) is 0 Å². The molecular weight excluding hydrogens is 286 g/mol. The molecule has 106 valence electrons. The van der Waals surface area contributed by atoms with E-state index in [0.717, 1.165) is 11.3 Å². The van der Waals surface area contributed by atoms with Gasteiger partial charge in [0.15, 0.2) is 0 Å². The van der Waals surface area contributed by atoms with Crippen LogP contribution in [-0.4, -0.2) is 9.97 Å². The van der Waals surface area contributed by atoms with Gasteiger partial charge in [-0.25, -0.2) is 4.98 Å². The van der Waals surface area contributed by atoms with Crippen LogP contribution in [0.1, 0.15) is 11.4 Å².